The van der Waals surface area contributed by atoms with E-state index in [1.807, 2.05) is 0 Å². The maximum atomic E-state index is 12.1. The molecule has 8 heteroatoms. The molecule has 0 spiro atoms. The number of amides is 1. The lowest BCUT2D eigenvalue weighted by atomic mass is 10.1. The van der Waals surface area contributed by atoms with Gasteiger partial charge in [0.25, 0.3) is 0 Å². The topological polar surface area (TPSA) is 103 Å². The van der Waals surface area contributed by atoms with E-state index in [1.54, 1.807) is 26.8 Å². The molecule has 126 valence electrons. The number of aromatic hydroxyl groups is 1. The number of ether oxygens (including phenoxy) is 1. The Hall–Kier alpha value is -2.51. The van der Waals surface area contributed by atoms with E-state index in [0.717, 1.165) is 0 Å². The molecule has 2 heterocycles. The molecule has 1 aromatic rings. The Bertz CT molecular complexity index is 599. The lowest BCUT2D eigenvalue weighted by molar-refractivity contribution is -0.139. The number of aromatic nitrogens is 1. The van der Waals surface area contributed by atoms with Gasteiger partial charge in [-0.05, 0) is 32.9 Å². The molecule has 0 bridgehead atoms. The summed E-state index contributed by atoms with van der Waals surface area (Å²) in [7, 11) is 0. The van der Waals surface area contributed by atoms with Crippen LogP contribution in [0.1, 0.15) is 20.8 Å². The number of anilines is 1. The Balaban J connectivity index is 2.17. The van der Waals surface area contributed by atoms with Crippen molar-refractivity contribution in [1.82, 2.24) is 9.88 Å². The van der Waals surface area contributed by atoms with Crippen LogP contribution in [0.5, 0.6) is 5.75 Å². The molecule has 1 atom stereocenters. The number of carboxylic acids is 1. The van der Waals surface area contributed by atoms with Crippen molar-refractivity contribution < 1.29 is 24.5 Å². The van der Waals surface area contributed by atoms with Gasteiger partial charge in [0.05, 0.1) is 6.54 Å². The molecule has 1 fully saturated rings. The average Bonchev–Trinajstić information content (AvgIpc) is 2.45. The lowest BCUT2D eigenvalue weighted by Crippen LogP contribution is -2.58. The van der Waals surface area contributed by atoms with Crippen LogP contribution in [0.4, 0.5) is 10.6 Å². The molecule has 1 unspecified atom stereocenters. The first-order valence-electron chi connectivity index (χ1n) is 7.30. The summed E-state index contributed by atoms with van der Waals surface area (Å²) in [5, 5.41) is 19.4. The minimum absolute atomic E-state index is 0.0414. The standard InChI is InChI=1S/C15H21N3O5/c1-15(2,3)23-14(22)17-7-8-18(10(9-17)13(20)21)12-11(19)5-4-6-16-12/h4-6,10,19H,7-9H2,1-3H3,(H,20,21). The Morgan fingerprint density at radius 2 is 2.04 bits per heavy atom. The zero-order valence-electron chi connectivity index (χ0n) is 13.4. The van der Waals surface area contributed by atoms with E-state index in [-0.39, 0.29) is 31.2 Å². The van der Waals surface area contributed by atoms with Gasteiger partial charge in [-0.3, -0.25) is 0 Å². The van der Waals surface area contributed by atoms with E-state index in [2.05, 4.69) is 4.98 Å². The number of carboxylic acid groups (broad SMARTS) is 1. The Labute approximate surface area is 134 Å². The van der Waals surface area contributed by atoms with Gasteiger partial charge in [0, 0.05) is 19.3 Å². The van der Waals surface area contributed by atoms with Crippen LogP contribution in [0, 0.1) is 0 Å². The SMILES string of the molecule is CC(C)(C)OC(=O)N1CCN(c2ncccc2O)C(C(=O)O)C1. The summed E-state index contributed by atoms with van der Waals surface area (Å²) >= 11 is 0. The smallest absolute Gasteiger partial charge is 0.410 e. The molecule has 1 aromatic heterocycles. The van der Waals surface area contributed by atoms with Crippen LogP contribution in [0.3, 0.4) is 0 Å². The zero-order chi connectivity index (χ0) is 17.2. The number of pyridine rings is 1. The summed E-state index contributed by atoms with van der Waals surface area (Å²) < 4.78 is 5.28. The third-order valence-electron chi connectivity index (χ3n) is 3.36. The third-order valence-corrected chi connectivity index (χ3v) is 3.36. The van der Waals surface area contributed by atoms with Crippen LogP contribution in [0.2, 0.25) is 0 Å². The van der Waals surface area contributed by atoms with E-state index in [1.165, 1.54) is 22.1 Å². The van der Waals surface area contributed by atoms with Gasteiger partial charge in [0.15, 0.2) is 11.6 Å². The summed E-state index contributed by atoms with van der Waals surface area (Å²) in [6.07, 6.45) is 0.933. The molecule has 0 aliphatic carbocycles. The summed E-state index contributed by atoms with van der Waals surface area (Å²) in [6, 6.07) is 2.00. The minimum atomic E-state index is -1.09. The van der Waals surface area contributed by atoms with Gasteiger partial charge in [0.2, 0.25) is 0 Å². The quantitative estimate of drug-likeness (QED) is 0.845. The fourth-order valence-electron chi connectivity index (χ4n) is 2.35. The third kappa shape index (κ3) is 4.02. The summed E-state index contributed by atoms with van der Waals surface area (Å²) in [6.45, 7) is 5.74. The van der Waals surface area contributed by atoms with Crippen LogP contribution in [-0.2, 0) is 9.53 Å². The van der Waals surface area contributed by atoms with Crippen molar-refractivity contribution in [1.29, 1.82) is 0 Å². The maximum Gasteiger partial charge on any atom is 0.410 e. The van der Waals surface area contributed by atoms with Crippen LogP contribution < -0.4 is 4.90 Å². The van der Waals surface area contributed by atoms with Crippen molar-refractivity contribution in [2.24, 2.45) is 0 Å². The van der Waals surface area contributed by atoms with Gasteiger partial charge in [-0.25, -0.2) is 14.6 Å². The monoisotopic (exact) mass is 323 g/mol. The highest BCUT2D eigenvalue weighted by molar-refractivity contribution is 5.80. The number of aliphatic carboxylic acids is 1. The van der Waals surface area contributed by atoms with Crippen molar-refractivity contribution >= 4 is 17.9 Å². The second-order valence-corrected chi connectivity index (χ2v) is 6.32. The van der Waals surface area contributed by atoms with Gasteiger partial charge in [0.1, 0.15) is 11.6 Å². The van der Waals surface area contributed by atoms with Gasteiger partial charge in [-0.2, -0.15) is 0 Å². The molecule has 1 aliphatic rings. The first-order chi connectivity index (χ1) is 10.7. The second kappa shape index (κ2) is 6.31. The molecule has 2 N–H and O–H groups in total. The highest BCUT2D eigenvalue weighted by Crippen LogP contribution is 2.27. The van der Waals surface area contributed by atoms with E-state index < -0.39 is 23.7 Å². The van der Waals surface area contributed by atoms with Crippen molar-refractivity contribution in [3.8, 4) is 5.75 Å². The molecule has 1 saturated heterocycles. The van der Waals surface area contributed by atoms with E-state index >= 15 is 0 Å². The highest BCUT2D eigenvalue weighted by Gasteiger charge is 2.37. The number of carbonyl (C=O) groups is 2. The van der Waals surface area contributed by atoms with E-state index in [0.29, 0.717) is 0 Å². The molecule has 1 aliphatic heterocycles. The van der Waals surface area contributed by atoms with E-state index in [9.17, 15) is 19.8 Å². The number of piperazine rings is 1. The molecule has 0 radical (unpaired) electrons. The Kier molecular flexibility index (Phi) is 4.63. The fourth-order valence-corrected chi connectivity index (χ4v) is 2.35. The molecule has 23 heavy (non-hydrogen) atoms. The summed E-state index contributed by atoms with van der Waals surface area (Å²) in [5.74, 6) is -0.989. The van der Waals surface area contributed by atoms with Gasteiger partial charge >= 0.3 is 12.1 Å². The maximum absolute atomic E-state index is 12.1. The largest absolute Gasteiger partial charge is 0.504 e. The minimum Gasteiger partial charge on any atom is -0.504 e. The molecule has 8 nitrogen and oxygen atoms in total. The Morgan fingerprint density at radius 1 is 1.35 bits per heavy atom. The van der Waals surface area contributed by atoms with Gasteiger partial charge in [-0.1, -0.05) is 0 Å². The van der Waals surface area contributed by atoms with Crippen LogP contribution in [0.25, 0.3) is 0 Å². The fraction of sp³-hybridized carbons (Fsp3) is 0.533. The number of rotatable bonds is 2. The number of nitrogens with zero attached hydrogens (tertiary/aromatic N) is 3. The molecule has 1 amide bonds. The first-order valence-corrected chi connectivity index (χ1v) is 7.30. The van der Waals surface area contributed by atoms with Crippen molar-refractivity contribution in [3.63, 3.8) is 0 Å². The number of carbonyl (C=O) groups excluding carboxylic acids is 1. The van der Waals surface area contributed by atoms with Crippen molar-refractivity contribution in [2.45, 2.75) is 32.4 Å². The van der Waals surface area contributed by atoms with Gasteiger partial charge in [-0.15, -0.1) is 0 Å². The van der Waals surface area contributed by atoms with Crippen LogP contribution >= 0.6 is 0 Å². The predicted octanol–water partition coefficient (Wildman–Crippen LogP) is 1.30. The second-order valence-electron chi connectivity index (χ2n) is 6.32. The van der Waals surface area contributed by atoms with E-state index in [4.69, 9.17) is 4.74 Å². The van der Waals surface area contributed by atoms with Crippen LogP contribution in [-0.4, -0.2) is 63.4 Å². The normalized spacial score (nSPS) is 18.7. The zero-order valence-corrected chi connectivity index (χ0v) is 13.4. The predicted molar refractivity (Wildman–Crippen MR) is 82.5 cm³/mol. The van der Waals surface area contributed by atoms with Crippen molar-refractivity contribution in [3.05, 3.63) is 18.3 Å². The number of hydrogen-bond acceptors (Lipinski definition) is 6. The Morgan fingerprint density at radius 3 is 2.61 bits per heavy atom. The highest BCUT2D eigenvalue weighted by atomic mass is 16.6. The first kappa shape index (κ1) is 16.9. The molecule has 0 aromatic carbocycles. The van der Waals surface area contributed by atoms with Crippen molar-refractivity contribution in [2.75, 3.05) is 24.5 Å². The summed E-state index contributed by atoms with van der Waals surface area (Å²) in [4.78, 5) is 30.6. The number of hydrogen-bond donors (Lipinski definition) is 2. The molecular formula is C15H21N3O5. The molecular weight excluding hydrogens is 302 g/mol. The lowest BCUT2D eigenvalue weighted by Gasteiger charge is -2.40. The van der Waals surface area contributed by atoms with Crippen LogP contribution in [0.15, 0.2) is 18.3 Å². The molecule has 0 saturated carbocycles. The average molecular weight is 323 g/mol. The molecule has 2 rings (SSSR count). The summed E-state index contributed by atoms with van der Waals surface area (Å²) in [5.41, 5.74) is -0.647. The van der Waals surface area contributed by atoms with Gasteiger partial charge < -0.3 is 24.7 Å².